The van der Waals surface area contributed by atoms with Gasteiger partial charge in [-0.2, -0.15) is 0 Å². The van der Waals surface area contributed by atoms with Crippen LogP contribution in [0.4, 0.5) is 4.79 Å². The first-order valence-corrected chi connectivity index (χ1v) is 7.07. The third-order valence-electron chi connectivity index (χ3n) is 2.85. The van der Waals surface area contributed by atoms with Crippen LogP contribution in [-0.2, 0) is 9.53 Å². The van der Waals surface area contributed by atoms with E-state index in [1.54, 1.807) is 0 Å². The minimum atomic E-state index is -0.478. The highest BCUT2D eigenvalue weighted by atomic mass is 16.6. The number of rotatable bonds is 2. The van der Waals surface area contributed by atoms with Gasteiger partial charge in [0.25, 0.3) is 0 Å². The summed E-state index contributed by atoms with van der Waals surface area (Å²) in [5.41, 5.74) is 4.77. The minimum absolute atomic E-state index is 0.0355. The zero-order valence-corrected chi connectivity index (χ0v) is 12.8. The number of carbonyl (C=O) groups excluding carboxylic acids is 2. The molecule has 2 amide bonds. The molecule has 0 bridgehead atoms. The Kier molecular flexibility index (Phi) is 7.49. The topological polar surface area (TPSA) is 81.4 Å². The molecule has 0 saturated heterocycles. The average molecular weight is 272 g/mol. The van der Waals surface area contributed by atoms with Gasteiger partial charge in [-0.05, 0) is 46.5 Å². The van der Waals surface area contributed by atoms with Crippen molar-refractivity contribution in [1.29, 1.82) is 0 Å². The van der Waals surface area contributed by atoms with Crippen molar-refractivity contribution in [3.05, 3.63) is 0 Å². The third kappa shape index (κ3) is 7.70. The Balaban J connectivity index is 0.00000154. The van der Waals surface area contributed by atoms with Crippen LogP contribution in [0.3, 0.4) is 0 Å². The van der Waals surface area contributed by atoms with Crippen molar-refractivity contribution >= 4 is 12.0 Å². The quantitative estimate of drug-likeness (QED) is 0.810. The maximum Gasteiger partial charge on any atom is 0.407 e. The summed E-state index contributed by atoms with van der Waals surface area (Å²) in [5.74, 6) is -0.271. The molecule has 0 aliphatic heterocycles. The van der Waals surface area contributed by atoms with E-state index in [0.717, 1.165) is 25.7 Å². The number of nitrogens with one attached hydrogen (secondary N) is 1. The molecule has 0 atom stereocenters. The van der Waals surface area contributed by atoms with Gasteiger partial charge in [0.15, 0.2) is 0 Å². The molecule has 0 aromatic rings. The summed E-state index contributed by atoms with van der Waals surface area (Å²) in [7, 11) is 0. The Labute approximate surface area is 116 Å². The van der Waals surface area contributed by atoms with Crippen LogP contribution in [0, 0.1) is 5.92 Å². The lowest BCUT2D eigenvalue weighted by atomic mass is 9.86. The fourth-order valence-electron chi connectivity index (χ4n) is 2.00. The van der Waals surface area contributed by atoms with Crippen LogP contribution < -0.4 is 11.1 Å². The van der Waals surface area contributed by atoms with Gasteiger partial charge < -0.3 is 15.8 Å². The molecule has 0 radical (unpaired) electrons. The molecule has 1 aliphatic rings. The molecule has 0 spiro atoms. The molecule has 0 aromatic heterocycles. The fourth-order valence-corrected chi connectivity index (χ4v) is 2.00. The molecule has 0 aromatic carbocycles. The van der Waals surface area contributed by atoms with Gasteiger partial charge >= 0.3 is 6.09 Å². The number of nitrogens with two attached hydrogens (primary N) is 1. The molecular formula is C14H28N2O3. The van der Waals surface area contributed by atoms with Crippen LogP contribution in [0.5, 0.6) is 0 Å². The number of carbonyl (C=O) groups is 2. The van der Waals surface area contributed by atoms with Gasteiger partial charge in [-0.25, -0.2) is 4.79 Å². The van der Waals surface area contributed by atoms with Gasteiger partial charge in [-0.15, -0.1) is 0 Å². The third-order valence-corrected chi connectivity index (χ3v) is 2.85. The molecule has 3 N–H and O–H groups in total. The van der Waals surface area contributed by atoms with E-state index < -0.39 is 5.60 Å². The summed E-state index contributed by atoms with van der Waals surface area (Å²) < 4.78 is 5.17. The lowest BCUT2D eigenvalue weighted by molar-refractivity contribution is -0.122. The number of hydrogen-bond donors (Lipinski definition) is 2. The van der Waals surface area contributed by atoms with Crippen LogP contribution in [0.2, 0.25) is 0 Å². The van der Waals surface area contributed by atoms with E-state index in [1.165, 1.54) is 0 Å². The molecule has 5 heteroatoms. The Morgan fingerprint density at radius 1 is 1.11 bits per heavy atom. The van der Waals surface area contributed by atoms with Crippen molar-refractivity contribution in [2.75, 3.05) is 0 Å². The summed E-state index contributed by atoms with van der Waals surface area (Å²) in [5, 5.41) is 2.82. The Morgan fingerprint density at radius 2 is 1.58 bits per heavy atom. The van der Waals surface area contributed by atoms with Crippen LogP contribution in [0.15, 0.2) is 0 Å². The fraction of sp³-hybridized carbons (Fsp3) is 0.857. The number of amides is 2. The molecule has 1 saturated carbocycles. The Morgan fingerprint density at radius 3 is 1.95 bits per heavy atom. The maximum absolute atomic E-state index is 11.5. The van der Waals surface area contributed by atoms with Gasteiger partial charge in [-0.3, -0.25) is 4.79 Å². The van der Waals surface area contributed by atoms with Crippen molar-refractivity contribution in [2.45, 2.75) is 71.9 Å². The molecule has 112 valence electrons. The van der Waals surface area contributed by atoms with Crippen LogP contribution in [-0.4, -0.2) is 23.6 Å². The second kappa shape index (κ2) is 8.02. The van der Waals surface area contributed by atoms with E-state index in [4.69, 9.17) is 10.5 Å². The van der Waals surface area contributed by atoms with Crippen molar-refractivity contribution in [3.8, 4) is 0 Å². The predicted molar refractivity (Wildman–Crippen MR) is 75.7 cm³/mol. The van der Waals surface area contributed by atoms with E-state index in [9.17, 15) is 9.59 Å². The van der Waals surface area contributed by atoms with Crippen LogP contribution >= 0.6 is 0 Å². The van der Waals surface area contributed by atoms with Gasteiger partial charge in [0.2, 0.25) is 5.91 Å². The second-order valence-electron chi connectivity index (χ2n) is 5.60. The largest absolute Gasteiger partial charge is 0.444 e. The number of hydrogen-bond acceptors (Lipinski definition) is 3. The van der Waals surface area contributed by atoms with Gasteiger partial charge in [0.1, 0.15) is 5.60 Å². The molecule has 0 unspecified atom stereocenters. The van der Waals surface area contributed by atoms with E-state index in [1.807, 2.05) is 34.6 Å². The molecule has 1 fully saturated rings. The molecular weight excluding hydrogens is 244 g/mol. The maximum atomic E-state index is 11.5. The first-order valence-electron chi connectivity index (χ1n) is 7.07. The molecule has 1 rings (SSSR count). The highest BCUT2D eigenvalue weighted by molar-refractivity contribution is 5.76. The zero-order chi connectivity index (χ0) is 15.1. The van der Waals surface area contributed by atoms with Crippen molar-refractivity contribution < 1.29 is 14.3 Å². The van der Waals surface area contributed by atoms with Crippen LogP contribution in [0.1, 0.15) is 60.3 Å². The van der Waals surface area contributed by atoms with Crippen LogP contribution in [0.25, 0.3) is 0 Å². The zero-order valence-electron chi connectivity index (χ0n) is 12.8. The molecule has 19 heavy (non-hydrogen) atoms. The SMILES string of the molecule is CC.CC(C)(C)OC(=O)NC1CCC(C(N)=O)CC1. The standard InChI is InChI=1S/C12H22N2O3.C2H6/c1-12(2,3)17-11(16)14-9-6-4-8(5-7-9)10(13)15;1-2/h8-9H,4-7H2,1-3H3,(H2,13,15)(H,14,16);1-2H3. The number of ether oxygens (including phenoxy) is 1. The van der Waals surface area contributed by atoms with Crippen molar-refractivity contribution in [3.63, 3.8) is 0 Å². The molecule has 5 nitrogen and oxygen atoms in total. The summed E-state index contributed by atoms with van der Waals surface area (Å²) >= 11 is 0. The first-order chi connectivity index (χ1) is 8.78. The van der Waals surface area contributed by atoms with E-state index in [-0.39, 0.29) is 24.0 Å². The van der Waals surface area contributed by atoms with Gasteiger partial charge in [0.05, 0.1) is 0 Å². The van der Waals surface area contributed by atoms with Crippen molar-refractivity contribution in [1.82, 2.24) is 5.32 Å². The minimum Gasteiger partial charge on any atom is -0.444 e. The first kappa shape index (κ1) is 17.7. The summed E-state index contributed by atoms with van der Waals surface area (Å²) in [4.78, 5) is 22.5. The smallest absolute Gasteiger partial charge is 0.407 e. The lowest BCUT2D eigenvalue weighted by Gasteiger charge is -2.28. The highest BCUT2D eigenvalue weighted by Gasteiger charge is 2.26. The Hall–Kier alpha value is -1.26. The lowest BCUT2D eigenvalue weighted by Crippen LogP contribution is -2.42. The monoisotopic (exact) mass is 272 g/mol. The number of primary amides is 1. The average Bonchev–Trinajstić information content (AvgIpc) is 2.29. The predicted octanol–water partition coefficient (Wildman–Crippen LogP) is 2.58. The number of alkyl carbamates (subject to hydrolysis) is 1. The van der Waals surface area contributed by atoms with Crippen molar-refractivity contribution in [2.24, 2.45) is 11.7 Å². The van der Waals surface area contributed by atoms with Gasteiger partial charge in [0, 0.05) is 12.0 Å². The van der Waals surface area contributed by atoms with E-state index in [0.29, 0.717) is 0 Å². The van der Waals surface area contributed by atoms with Gasteiger partial charge in [-0.1, -0.05) is 13.8 Å². The molecule has 0 heterocycles. The highest BCUT2D eigenvalue weighted by Crippen LogP contribution is 2.24. The summed E-state index contributed by atoms with van der Waals surface area (Å²) in [6, 6.07) is 0.0976. The second-order valence-corrected chi connectivity index (χ2v) is 5.60. The molecule has 1 aliphatic carbocycles. The Bertz CT molecular complexity index is 290. The summed E-state index contributed by atoms with van der Waals surface area (Å²) in [6.07, 6.45) is 2.67. The normalized spacial score (nSPS) is 22.8. The van der Waals surface area contributed by atoms with E-state index >= 15 is 0 Å². The summed E-state index contributed by atoms with van der Waals surface area (Å²) in [6.45, 7) is 9.49. The van der Waals surface area contributed by atoms with E-state index in [2.05, 4.69) is 5.32 Å².